The SMILES string of the molecule is Cc1cccc(-c2ccc3c(c2)CN(C)C3=O)c1C. The summed E-state index contributed by atoms with van der Waals surface area (Å²) >= 11 is 0. The van der Waals surface area contributed by atoms with E-state index in [0.29, 0.717) is 6.54 Å². The Kier molecular flexibility index (Phi) is 2.67. The summed E-state index contributed by atoms with van der Waals surface area (Å²) in [7, 11) is 1.85. The molecule has 0 fully saturated rings. The van der Waals surface area contributed by atoms with Crippen molar-refractivity contribution in [2.24, 2.45) is 0 Å². The second kappa shape index (κ2) is 4.23. The van der Waals surface area contributed by atoms with Gasteiger partial charge in [0.15, 0.2) is 0 Å². The van der Waals surface area contributed by atoms with Crippen molar-refractivity contribution in [1.29, 1.82) is 0 Å². The number of hydrogen-bond acceptors (Lipinski definition) is 1. The molecule has 0 atom stereocenters. The summed E-state index contributed by atoms with van der Waals surface area (Å²) in [5.74, 6) is 0.127. The van der Waals surface area contributed by atoms with Crippen LogP contribution < -0.4 is 0 Å². The number of hydrogen-bond donors (Lipinski definition) is 0. The molecule has 0 aromatic heterocycles. The van der Waals surface area contributed by atoms with Crippen LogP contribution in [0.25, 0.3) is 11.1 Å². The van der Waals surface area contributed by atoms with Gasteiger partial charge in [0.1, 0.15) is 0 Å². The fourth-order valence-corrected chi connectivity index (χ4v) is 2.70. The molecule has 2 heteroatoms. The van der Waals surface area contributed by atoms with Crippen molar-refractivity contribution in [2.45, 2.75) is 20.4 Å². The molecular formula is C17H17NO. The first-order valence-electron chi connectivity index (χ1n) is 6.53. The van der Waals surface area contributed by atoms with E-state index in [9.17, 15) is 4.79 Å². The average Bonchev–Trinajstić information content (AvgIpc) is 2.68. The van der Waals surface area contributed by atoms with E-state index in [1.165, 1.54) is 22.3 Å². The van der Waals surface area contributed by atoms with Gasteiger partial charge in [0.25, 0.3) is 5.91 Å². The first-order valence-corrected chi connectivity index (χ1v) is 6.53. The predicted molar refractivity (Wildman–Crippen MR) is 77.1 cm³/mol. The van der Waals surface area contributed by atoms with Crippen molar-refractivity contribution >= 4 is 5.91 Å². The number of fused-ring (bicyclic) bond motifs is 1. The molecule has 1 amide bonds. The molecule has 0 radical (unpaired) electrons. The zero-order chi connectivity index (χ0) is 13.6. The van der Waals surface area contributed by atoms with Crippen molar-refractivity contribution < 1.29 is 4.79 Å². The second-order valence-electron chi connectivity index (χ2n) is 5.28. The summed E-state index contributed by atoms with van der Waals surface area (Å²) in [6.07, 6.45) is 0. The fraction of sp³-hybridized carbons (Fsp3) is 0.235. The van der Waals surface area contributed by atoms with Crippen LogP contribution >= 0.6 is 0 Å². The Balaban J connectivity index is 2.12. The van der Waals surface area contributed by atoms with Crippen LogP contribution in [0.5, 0.6) is 0 Å². The smallest absolute Gasteiger partial charge is 0.254 e. The molecule has 1 aliphatic rings. The second-order valence-corrected chi connectivity index (χ2v) is 5.28. The normalized spacial score (nSPS) is 13.8. The molecule has 0 saturated carbocycles. The highest BCUT2D eigenvalue weighted by molar-refractivity contribution is 5.98. The third kappa shape index (κ3) is 1.84. The zero-order valence-corrected chi connectivity index (χ0v) is 11.5. The number of carbonyl (C=O) groups is 1. The van der Waals surface area contributed by atoms with Crippen molar-refractivity contribution in [1.82, 2.24) is 4.90 Å². The Labute approximate surface area is 113 Å². The van der Waals surface area contributed by atoms with Gasteiger partial charge in [-0.25, -0.2) is 0 Å². The largest absolute Gasteiger partial charge is 0.337 e. The molecule has 0 spiro atoms. The van der Waals surface area contributed by atoms with Crippen molar-refractivity contribution in [3.63, 3.8) is 0 Å². The molecule has 2 aromatic carbocycles. The number of aryl methyl sites for hydroxylation is 1. The van der Waals surface area contributed by atoms with E-state index < -0.39 is 0 Å². The predicted octanol–water partition coefficient (Wildman–Crippen LogP) is 3.56. The first kappa shape index (κ1) is 12.0. The van der Waals surface area contributed by atoms with Gasteiger partial charge in [-0.3, -0.25) is 4.79 Å². The maximum absolute atomic E-state index is 11.9. The molecule has 2 aromatic rings. The minimum absolute atomic E-state index is 0.127. The average molecular weight is 251 g/mol. The van der Waals surface area contributed by atoms with Gasteiger partial charge in [0.2, 0.25) is 0 Å². The summed E-state index contributed by atoms with van der Waals surface area (Å²) in [6.45, 7) is 4.99. The van der Waals surface area contributed by atoms with E-state index in [0.717, 1.165) is 11.1 Å². The van der Waals surface area contributed by atoms with Crippen LogP contribution in [0, 0.1) is 13.8 Å². The standard InChI is InChI=1S/C17H17NO/c1-11-5-4-6-15(12(11)2)13-7-8-16-14(9-13)10-18(3)17(16)19/h4-9H,10H2,1-3H3. The summed E-state index contributed by atoms with van der Waals surface area (Å²) < 4.78 is 0. The van der Waals surface area contributed by atoms with Crippen molar-refractivity contribution in [3.8, 4) is 11.1 Å². The number of amides is 1. The Morgan fingerprint density at radius 3 is 2.63 bits per heavy atom. The van der Waals surface area contributed by atoms with Gasteiger partial charge in [0.05, 0.1) is 0 Å². The maximum Gasteiger partial charge on any atom is 0.254 e. The Morgan fingerprint density at radius 2 is 1.84 bits per heavy atom. The van der Waals surface area contributed by atoms with E-state index in [1.54, 1.807) is 4.90 Å². The van der Waals surface area contributed by atoms with Crippen LogP contribution in [0.3, 0.4) is 0 Å². The van der Waals surface area contributed by atoms with Gasteiger partial charge < -0.3 is 4.90 Å². The molecule has 19 heavy (non-hydrogen) atoms. The van der Waals surface area contributed by atoms with Gasteiger partial charge in [0, 0.05) is 19.2 Å². The van der Waals surface area contributed by atoms with Crippen molar-refractivity contribution in [2.75, 3.05) is 7.05 Å². The highest BCUT2D eigenvalue weighted by Gasteiger charge is 2.24. The highest BCUT2D eigenvalue weighted by Crippen LogP contribution is 2.30. The van der Waals surface area contributed by atoms with Crippen LogP contribution in [0.2, 0.25) is 0 Å². The summed E-state index contributed by atoms with van der Waals surface area (Å²) in [5, 5.41) is 0. The minimum atomic E-state index is 0.127. The molecule has 0 saturated heterocycles. The third-order valence-electron chi connectivity index (χ3n) is 4.01. The molecule has 0 bridgehead atoms. The molecule has 0 unspecified atom stereocenters. The fourth-order valence-electron chi connectivity index (χ4n) is 2.70. The van der Waals surface area contributed by atoms with E-state index in [4.69, 9.17) is 0 Å². The lowest BCUT2D eigenvalue weighted by Crippen LogP contribution is -2.17. The van der Waals surface area contributed by atoms with Crippen LogP contribution in [0.1, 0.15) is 27.0 Å². The van der Waals surface area contributed by atoms with Gasteiger partial charge in [-0.15, -0.1) is 0 Å². The third-order valence-corrected chi connectivity index (χ3v) is 4.01. The zero-order valence-electron chi connectivity index (χ0n) is 11.5. The van der Waals surface area contributed by atoms with Crippen LogP contribution in [0.4, 0.5) is 0 Å². The number of benzene rings is 2. The van der Waals surface area contributed by atoms with Crippen LogP contribution in [-0.2, 0) is 6.54 Å². The monoisotopic (exact) mass is 251 g/mol. The Bertz CT molecular complexity index is 673. The molecule has 1 heterocycles. The number of nitrogens with zero attached hydrogens (tertiary/aromatic N) is 1. The molecule has 2 nitrogen and oxygen atoms in total. The minimum Gasteiger partial charge on any atom is -0.337 e. The lowest BCUT2D eigenvalue weighted by Gasteiger charge is -2.09. The van der Waals surface area contributed by atoms with Crippen molar-refractivity contribution in [3.05, 3.63) is 58.7 Å². The quantitative estimate of drug-likeness (QED) is 0.759. The maximum atomic E-state index is 11.9. The Hall–Kier alpha value is -2.09. The summed E-state index contributed by atoms with van der Waals surface area (Å²) in [4.78, 5) is 13.7. The van der Waals surface area contributed by atoms with Gasteiger partial charge in [-0.2, -0.15) is 0 Å². The molecule has 1 aliphatic heterocycles. The van der Waals surface area contributed by atoms with E-state index in [1.807, 2.05) is 13.1 Å². The number of rotatable bonds is 1. The molecule has 3 rings (SSSR count). The van der Waals surface area contributed by atoms with Crippen LogP contribution in [-0.4, -0.2) is 17.9 Å². The molecule has 0 aliphatic carbocycles. The highest BCUT2D eigenvalue weighted by atomic mass is 16.2. The first-order chi connectivity index (χ1) is 9.08. The van der Waals surface area contributed by atoms with Gasteiger partial charge in [-0.05, 0) is 53.8 Å². The van der Waals surface area contributed by atoms with E-state index in [-0.39, 0.29) is 5.91 Å². The molecule has 96 valence electrons. The van der Waals surface area contributed by atoms with E-state index >= 15 is 0 Å². The lowest BCUT2D eigenvalue weighted by molar-refractivity contribution is 0.0816. The lowest BCUT2D eigenvalue weighted by atomic mass is 9.95. The van der Waals surface area contributed by atoms with Crippen LogP contribution in [0.15, 0.2) is 36.4 Å². The Morgan fingerprint density at radius 1 is 1.05 bits per heavy atom. The molecular weight excluding hydrogens is 234 g/mol. The van der Waals surface area contributed by atoms with Gasteiger partial charge in [-0.1, -0.05) is 24.3 Å². The summed E-state index contributed by atoms with van der Waals surface area (Å²) in [6, 6.07) is 12.5. The van der Waals surface area contributed by atoms with E-state index in [2.05, 4.69) is 44.2 Å². The number of carbonyl (C=O) groups excluding carboxylic acids is 1. The molecule has 0 N–H and O–H groups in total. The van der Waals surface area contributed by atoms with Gasteiger partial charge >= 0.3 is 0 Å². The summed E-state index contributed by atoms with van der Waals surface area (Å²) in [5.41, 5.74) is 7.03. The topological polar surface area (TPSA) is 20.3 Å².